The van der Waals surface area contributed by atoms with Crippen LogP contribution in [-0.4, -0.2) is 36.6 Å². The van der Waals surface area contributed by atoms with Crippen LogP contribution < -0.4 is 5.32 Å². The Morgan fingerprint density at radius 1 is 1.38 bits per heavy atom. The second kappa shape index (κ2) is 4.97. The van der Waals surface area contributed by atoms with Crippen LogP contribution in [0.4, 0.5) is 0 Å². The van der Waals surface area contributed by atoms with Crippen molar-refractivity contribution in [1.29, 1.82) is 0 Å². The fourth-order valence-electron chi connectivity index (χ4n) is 2.02. The van der Waals surface area contributed by atoms with Crippen LogP contribution in [0.3, 0.4) is 0 Å². The Bertz CT molecular complexity index is 145. The topological polar surface area (TPSA) is 15.3 Å². The van der Waals surface area contributed by atoms with Gasteiger partial charge in [-0.15, -0.1) is 0 Å². The molecule has 0 bridgehead atoms. The van der Waals surface area contributed by atoms with Crippen molar-refractivity contribution in [2.75, 3.05) is 19.6 Å². The van der Waals surface area contributed by atoms with E-state index < -0.39 is 0 Å². The van der Waals surface area contributed by atoms with Gasteiger partial charge in [-0.2, -0.15) is 0 Å². The first-order valence-corrected chi connectivity index (χ1v) is 5.62. The number of hydrogen-bond donors (Lipinski definition) is 1. The zero-order valence-electron chi connectivity index (χ0n) is 9.51. The highest BCUT2D eigenvalue weighted by molar-refractivity contribution is 4.87. The van der Waals surface area contributed by atoms with Gasteiger partial charge in [-0.3, -0.25) is 4.90 Å². The Balaban J connectivity index is 2.33. The molecule has 1 saturated heterocycles. The molecule has 0 aromatic carbocycles. The second-order valence-corrected chi connectivity index (χ2v) is 4.59. The molecule has 0 aliphatic carbocycles. The number of nitrogens with one attached hydrogen (secondary N) is 1. The highest BCUT2D eigenvalue weighted by Crippen LogP contribution is 2.18. The zero-order valence-corrected chi connectivity index (χ0v) is 9.51. The lowest BCUT2D eigenvalue weighted by Crippen LogP contribution is -2.37. The normalized spacial score (nSPS) is 30.2. The van der Waals surface area contributed by atoms with E-state index in [-0.39, 0.29) is 0 Å². The molecule has 2 nitrogen and oxygen atoms in total. The summed E-state index contributed by atoms with van der Waals surface area (Å²) in [5, 5.41) is 3.62. The molecule has 78 valence electrons. The molecule has 2 atom stereocenters. The van der Waals surface area contributed by atoms with Crippen LogP contribution in [0.5, 0.6) is 0 Å². The maximum atomic E-state index is 3.62. The van der Waals surface area contributed by atoms with Gasteiger partial charge in [0.05, 0.1) is 0 Å². The molecule has 0 amide bonds. The fourth-order valence-corrected chi connectivity index (χ4v) is 2.02. The largest absolute Gasteiger partial charge is 0.312 e. The van der Waals surface area contributed by atoms with Crippen LogP contribution in [0.2, 0.25) is 0 Å². The minimum absolute atomic E-state index is 0.705. The molecule has 0 saturated carbocycles. The van der Waals surface area contributed by atoms with Gasteiger partial charge >= 0.3 is 0 Å². The van der Waals surface area contributed by atoms with E-state index in [1.54, 1.807) is 0 Å². The van der Waals surface area contributed by atoms with E-state index in [4.69, 9.17) is 0 Å². The molecular formula is C11H24N2. The quantitative estimate of drug-likeness (QED) is 0.715. The van der Waals surface area contributed by atoms with Crippen LogP contribution in [-0.2, 0) is 0 Å². The molecule has 13 heavy (non-hydrogen) atoms. The number of nitrogens with zero attached hydrogens (tertiary/aromatic N) is 1. The molecule has 2 unspecified atom stereocenters. The smallest absolute Gasteiger partial charge is 0.0232 e. The summed E-state index contributed by atoms with van der Waals surface area (Å²) < 4.78 is 0. The summed E-state index contributed by atoms with van der Waals surface area (Å²) in [6.07, 6.45) is 1.24. The third-order valence-corrected chi connectivity index (χ3v) is 3.03. The van der Waals surface area contributed by atoms with Gasteiger partial charge in [-0.25, -0.2) is 0 Å². The van der Waals surface area contributed by atoms with Gasteiger partial charge in [-0.1, -0.05) is 13.8 Å². The molecule has 1 rings (SSSR count). The Kier molecular flexibility index (Phi) is 4.20. The number of rotatable bonds is 4. The average molecular weight is 184 g/mol. The van der Waals surface area contributed by atoms with Crippen molar-refractivity contribution in [2.45, 2.75) is 46.2 Å². The summed E-state index contributed by atoms with van der Waals surface area (Å²) in [5.41, 5.74) is 0. The van der Waals surface area contributed by atoms with Crippen molar-refractivity contribution in [3.63, 3.8) is 0 Å². The van der Waals surface area contributed by atoms with Crippen LogP contribution in [0.1, 0.15) is 34.1 Å². The van der Waals surface area contributed by atoms with Gasteiger partial charge in [0.25, 0.3) is 0 Å². The maximum Gasteiger partial charge on any atom is 0.0232 e. The first-order valence-electron chi connectivity index (χ1n) is 5.62. The second-order valence-electron chi connectivity index (χ2n) is 4.59. The van der Waals surface area contributed by atoms with Gasteiger partial charge in [0.1, 0.15) is 0 Å². The van der Waals surface area contributed by atoms with Crippen molar-refractivity contribution in [1.82, 2.24) is 10.2 Å². The molecule has 1 aliphatic heterocycles. The summed E-state index contributed by atoms with van der Waals surface area (Å²) in [6, 6.07) is 1.43. The van der Waals surface area contributed by atoms with Gasteiger partial charge in [0, 0.05) is 25.2 Å². The summed E-state index contributed by atoms with van der Waals surface area (Å²) in [4.78, 5) is 2.57. The van der Waals surface area contributed by atoms with Crippen molar-refractivity contribution >= 4 is 0 Å². The molecule has 0 spiro atoms. The summed E-state index contributed by atoms with van der Waals surface area (Å²) in [6.45, 7) is 12.8. The number of likely N-dealkylation sites (tertiary alicyclic amines) is 1. The SMILES string of the molecule is CCCNC1CN(C(C)C)CC1C. The lowest BCUT2D eigenvalue weighted by molar-refractivity contribution is 0.264. The standard InChI is InChI=1S/C11H24N2/c1-5-6-12-11-8-13(9(2)3)7-10(11)4/h9-12H,5-8H2,1-4H3. The Morgan fingerprint density at radius 2 is 2.08 bits per heavy atom. The minimum Gasteiger partial charge on any atom is -0.312 e. The number of hydrogen-bond acceptors (Lipinski definition) is 2. The Hall–Kier alpha value is -0.0800. The van der Waals surface area contributed by atoms with Crippen molar-refractivity contribution in [3.05, 3.63) is 0 Å². The van der Waals surface area contributed by atoms with Gasteiger partial charge in [0.15, 0.2) is 0 Å². The average Bonchev–Trinajstić information content (AvgIpc) is 2.44. The summed E-state index contributed by atoms with van der Waals surface area (Å²) in [5.74, 6) is 0.814. The highest BCUT2D eigenvalue weighted by Gasteiger charge is 2.29. The highest BCUT2D eigenvalue weighted by atomic mass is 15.2. The first kappa shape index (κ1) is 11.0. The Morgan fingerprint density at radius 3 is 2.54 bits per heavy atom. The zero-order chi connectivity index (χ0) is 9.84. The fraction of sp³-hybridized carbons (Fsp3) is 1.00. The molecule has 0 aromatic rings. The van der Waals surface area contributed by atoms with Crippen LogP contribution in [0, 0.1) is 5.92 Å². The van der Waals surface area contributed by atoms with E-state index in [0.29, 0.717) is 6.04 Å². The van der Waals surface area contributed by atoms with Gasteiger partial charge in [0.2, 0.25) is 0 Å². The van der Waals surface area contributed by atoms with E-state index in [0.717, 1.165) is 12.0 Å². The predicted octanol–water partition coefficient (Wildman–Crippen LogP) is 1.71. The van der Waals surface area contributed by atoms with Crippen molar-refractivity contribution in [2.24, 2.45) is 5.92 Å². The van der Waals surface area contributed by atoms with E-state index in [1.807, 2.05) is 0 Å². The molecule has 1 fully saturated rings. The molecular weight excluding hydrogens is 160 g/mol. The summed E-state index contributed by atoms with van der Waals surface area (Å²) >= 11 is 0. The third-order valence-electron chi connectivity index (χ3n) is 3.03. The van der Waals surface area contributed by atoms with E-state index in [2.05, 4.69) is 37.9 Å². The minimum atomic E-state index is 0.705. The van der Waals surface area contributed by atoms with Crippen molar-refractivity contribution < 1.29 is 0 Å². The van der Waals surface area contributed by atoms with E-state index in [9.17, 15) is 0 Å². The van der Waals surface area contributed by atoms with Crippen LogP contribution >= 0.6 is 0 Å². The van der Waals surface area contributed by atoms with Crippen LogP contribution in [0.25, 0.3) is 0 Å². The Labute approximate surface area is 82.7 Å². The van der Waals surface area contributed by atoms with Gasteiger partial charge < -0.3 is 5.32 Å². The molecule has 2 heteroatoms. The van der Waals surface area contributed by atoms with Crippen molar-refractivity contribution in [3.8, 4) is 0 Å². The summed E-state index contributed by atoms with van der Waals surface area (Å²) in [7, 11) is 0. The predicted molar refractivity (Wildman–Crippen MR) is 58.0 cm³/mol. The maximum absolute atomic E-state index is 3.62. The first-order chi connectivity index (χ1) is 6.15. The lowest BCUT2D eigenvalue weighted by atomic mass is 10.1. The molecule has 1 aliphatic rings. The van der Waals surface area contributed by atoms with Gasteiger partial charge in [-0.05, 0) is 32.7 Å². The van der Waals surface area contributed by atoms with Crippen LogP contribution in [0.15, 0.2) is 0 Å². The molecule has 0 radical (unpaired) electrons. The molecule has 0 aromatic heterocycles. The van der Waals surface area contributed by atoms with E-state index in [1.165, 1.54) is 26.1 Å². The van der Waals surface area contributed by atoms with E-state index >= 15 is 0 Å². The molecule has 1 heterocycles. The molecule has 1 N–H and O–H groups in total. The third kappa shape index (κ3) is 2.96. The lowest BCUT2D eigenvalue weighted by Gasteiger charge is -2.20. The monoisotopic (exact) mass is 184 g/mol.